The number of ether oxygens (including phenoxy) is 1. The molecule has 1 aliphatic carbocycles. The van der Waals surface area contributed by atoms with Gasteiger partial charge in [-0.05, 0) is 62.8 Å². The number of hydrogen-bond donors (Lipinski definition) is 1. The predicted octanol–water partition coefficient (Wildman–Crippen LogP) is 3.86. The Morgan fingerprint density at radius 2 is 1.96 bits per heavy atom. The summed E-state index contributed by atoms with van der Waals surface area (Å²) in [6.07, 6.45) is 4.52. The van der Waals surface area contributed by atoms with Gasteiger partial charge < -0.3 is 10.1 Å². The largest absolute Gasteiger partial charge is 0.497 e. The molecule has 0 unspecified atom stereocenters. The van der Waals surface area contributed by atoms with Crippen LogP contribution in [0.3, 0.4) is 0 Å². The van der Waals surface area contributed by atoms with E-state index >= 15 is 0 Å². The summed E-state index contributed by atoms with van der Waals surface area (Å²) in [6, 6.07) is 7.93. The molecule has 23 heavy (non-hydrogen) atoms. The lowest BCUT2D eigenvalue weighted by Gasteiger charge is -2.27. The third kappa shape index (κ3) is 3.46. The predicted molar refractivity (Wildman–Crippen MR) is 91.9 cm³/mol. The topological polar surface area (TPSA) is 51.2 Å². The molecule has 0 spiro atoms. The van der Waals surface area contributed by atoms with E-state index in [4.69, 9.17) is 4.74 Å². The van der Waals surface area contributed by atoms with Gasteiger partial charge in [0.15, 0.2) is 0 Å². The maximum atomic E-state index is 12.6. The molecule has 0 bridgehead atoms. The highest BCUT2D eigenvalue weighted by atomic mass is 16.5. The Morgan fingerprint density at radius 3 is 2.65 bits per heavy atom. The van der Waals surface area contributed by atoms with E-state index in [0.717, 1.165) is 41.1 Å². The van der Waals surface area contributed by atoms with Gasteiger partial charge in [0.1, 0.15) is 5.75 Å². The number of amides is 1. The number of benzene rings is 1. The van der Waals surface area contributed by atoms with Gasteiger partial charge in [-0.3, -0.25) is 9.78 Å². The standard InChI is InChI=1S/C19H24N2O2/c1-12-4-6-15(7-5-12)21-19(22)17-11-14-10-16(23-3)8-9-18(14)20-13(17)2/h8-12,15H,4-7H2,1-3H3,(H,21,22). The number of nitrogens with one attached hydrogen (secondary N) is 1. The maximum absolute atomic E-state index is 12.6. The summed E-state index contributed by atoms with van der Waals surface area (Å²) in [7, 11) is 1.64. The second-order valence-corrected chi connectivity index (χ2v) is 6.61. The molecule has 1 aromatic carbocycles. The molecule has 3 rings (SSSR count). The van der Waals surface area contributed by atoms with Gasteiger partial charge in [0.05, 0.1) is 23.9 Å². The molecule has 1 amide bonds. The van der Waals surface area contributed by atoms with Crippen molar-refractivity contribution in [3.63, 3.8) is 0 Å². The molecule has 1 fully saturated rings. The van der Waals surface area contributed by atoms with E-state index in [0.29, 0.717) is 11.6 Å². The van der Waals surface area contributed by atoms with Crippen LogP contribution >= 0.6 is 0 Å². The summed E-state index contributed by atoms with van der Waals surface area (Å²) in [5.41, 5.74) is 2.31. The summed E-state index contributed by atoms with van der Waals surface area (Å²) in [4.78, 5) is 17.2. The summed E-state index contributed by atoms with van der Waals surface area (Å²) in [6.45, 7) is 4.17. The molecule has 1 heterocycles. The fourth-order valence-corrected chi connectivity index (χ4v) is 3.28. The molecule has 1 N–H and O–H groups in total. The summed E-state index contributed by atoms with van der Waals surface area (Å²) < 4.78 is 5.26. The van der Waals surface area contributed by atoms with Crippen molar-refractivity contribution in [3.8, 4) is 5.75 Å². The lowest BCUT2D eigenvalue weighted by atomic mass is 9.87. The van der Waals surface area contributed by atoms with Crippen LogP contribution in [0, 0.1) is 12.8 Å². The third-order valence-corrected chi connectivity index (χ3v) is 4.81. The monoisotopic (exact) mass is 312 g/mol. The van der Waals surface area contributed by atoms with Crippen molar-refractivity contribution >= 4 is 16.8 Å². The first-order chi connectivity index (χ1) is 11.1. The molecule has 0 saturated heterocycles. The van der Waals surface area contributed by atoms with Crippen LogP contribution in [-0.2, 0) is 0 Å². The van der Waals surface area contributed by atoms with Gasteiger partial charge in [-0.25, -0.2) is 0 Å². The lowest BCUT2D eigenvalue weighted by molar-refractivity contribution is 0.0922. The number of aromatic nitrogens is 1. The van der Waals surface area contributed by atoms with Gasteiger partial charge in [0, 0.05) is 11.4 Å². The van der Waals surface area contributed by atoms with Gasteiger partial charge in [0.25, 0.3) is 5.91 Å². The highest BCUT2D eigenvalue weighted by Crippen LogP contribution is 2.25. The molecular weight excluding hydrogens is 288 g/mol. The first-order valence-electron chi connectivity index (χ1n) is 8.33. The number of hydrogen-bond acceptors (Lipinski definition) is 3. The van der Waals surface area contributed by atoms with E-state index in [2.05, 4.69) is 17.2 Å². The Kier molecular flexibility index (Phi) is 4.51. The second-order valence-electron chi connectivity index (χ2n) is 6.61. The maximum Gasteiger partial charge on any atom is 0.253 e. The van der Waals surface area contributed by atoms with Crippen molar-refractivity contribution in [1.82, 2.24) is 10.3 Å². The Balaban J connectivity index is 1.83. The zero-order valence-corrected chi connectivity index (χ0v) is 14.1. The molecule has 0 radical (unpaired) electrons. The van der Waals surface area contributed by atoms with E-state index in [1.54, 1.807) is 7.11 Å². The van der Waals surface area contributed by atoms with Crippen LogP contribution in [0.4, 0.5) is 0 Å². The average molecular weight is 312 g/mol. The Hall–Kier alpha value is -2.10. The molecule has 1 saturated carbocycles. The minimum absolute atomic E-state index is 0.0146. The molecule has 0 aliphatic heterocycles. The minimum Gasteiger partial charge on any atom is -0.497 e. The zero-order valence-electron chi connectivity index (χ0n) is 14.1. The zero-order chi connectivity index (χ0) is 16.4. The van der Waals surface area contributed by atoms with Crippen LogP contribution in [0.15, 0.2) is 24.3 Å². The molecular formula is C19H24N2O2. The van der Waals surface area contributed by atoms with Crippen LogP contribution in [0.25, 0.3) is 10.9 Å². The molecule has 1 aromatic heterocycles. The lowest BCUT2D eigenvalue weighted by Crippen LogP contribution is -2.37. The Labute approximate surface area is 137 Å². The normalized spacial score (nSPS) is 21.2. The van der Waals surface area contributed by atoms with E-state index < -0.39 is 0 Å². The van der Waals surface area contributed by atoms with Crippen LogP contribution in [-0.4, -0.2) is 24.0 Å². The molecule has 1 aliphatic rings. The molecule has 122 valence electrons. The number of carbonyl (C=O) groups is 1. The number of pyridine rings is 1. The SMILES string of the molecule is COc1ccc2nc(C)c(C(=O)NC3CCC(C)CC3)cc2c1. The number of methoxy groups -OCH3 is 1. The summed E-state index contributed by atoms with van der Waals surface area (Å²) in [5, 5.41) is 4.11. The molecule has 0 atom stereocenters. The van der Waals surface area contributed by atoms with E-state index in [1.807, 2.05) is 31.2 Å². The van der Waals surface area contributed by atoms with Crippen molar-refractivity contribution in [3.05, 3.63) is 35.5 Å². The van der Waals surface area contributed by atoms with Crippen molar-refractivity contribution in [2.45, 2.75) is 45.6 Å². The molecule has 4 heteroatoms. The van der Waals surface area contributed by atoms with E-state index in [1.165, 1.54) is 12.8 Å². The Morgan fingerprint density at radius 1 is 1.22 bits per heavy atom. The van der Waals surface area contributed by atoms with Crippen molar-refractivity contribution < 1.29 is 9.53 Å². The van der Waals surface area contributed by atoms with Crippen molar-refractivity contribution in [2.24, 2.45) is 5.92 Å². The first-order valence-corrected chi connectivity index (χ1v) is 8.33. The van der Waals surface area contributed by atoms with E-state index in [-0.39, 0.29) is 5.91 Å². The van der Waals surface area contributed by atoms with Gasteiger partial charge in [0.2, 0.25) is 0 Å². The van der Waals surface area contributed by atoms with Crippen LogP contribution < -0.4 is 10.1 Å². The van der Waals surface area contributed by atoms with Crippen molar-refractivity contribution in [1.29, 1.82) is 0 Å². The summed E-state index contributed by atoms with van der Waals surface area (Å²) in [5.74, 6) is 1.54. The highest BCUT2D eigenvalue weighted by Gasteiger charge is 2.21. The number of aryl methyl sites for hydroxylation is 1. The number of nitrogens with zero attached hydrogens (tertiary/aromatic N) is 1. The molecule has 4 nitrogen and oxygen atoms in total. The fraction of sp³-hybridized carbons (Fsp3) is 0.474. The number of carbonyl (C=O) groups excluding carboxylic acids is 1. The minimum atomic E-state index is -0.0146. The average Bonchev–Trinajstić information content (AvgIpc) is 2.55. The van der Waals surface area contributed by atoms with Crippen LogP contribution in [0.5, 0.6) is 5.75 Å². The number of rotatable bonds is 3. The first kappa shape index (κ1) is 15.8. The van der Waals surface area contributed by atoms with Crippen LogP contribution in [0.1, 0.15) is 48.7 Å². The smallest absolute Gasteiger partial charge is 0.253 e. The number of fused-ring (bicyclic) bond motifs is 1. The fourth-order valence-electron chi connectivity index (χ4n) is 3.28. The van der Waals surface area contributed by atoms with E-state index in [9.17, 15) is 4.79 Å². The quantitative estimate of drug-likeness (QED) is 0.936. The molecule has 2 aromatic rings. The Bertz CT molecular complexity index is 719. The second kappa shape index (κ2) is 6.57. The van der Waals surface area contributed by atoms with Gasteiger partial charge >= 0.3 is 0 Å². The summed E-state index contributed by atoms with van der Waals surface area (Å²) >= 11 is 0. The van der Waals surface area contributed by atoms with Crippen molar-refractivity contribution in [2.75, 3.05) is 7.11 Å². The van der Waals surface area contributed by atoms with Gasteiger partial charge in [-0.1, -0.05) is 6.92 Å². The van der Waals surface area contributed by atoms with Crippen LogP contribution in [0.2, 0.25) is 0 Å². The van der Waals surface area contributed by atoms with Gasteiger partial charge in [-0.15, -0.1) is 0 Å². The van der Waals surface area contributed by atoms with Gasteiger partial charge in [-0.2, -0.15) is 0 Å². The third-order valence-electron chi connectivity index (χ3n) is 4.81. The highest BCUT2D eigenvalue weighted by molar-refractivity contribution is 5.99.